The first kappa shape index (κ1) is 14.8. The molecule has 0 unspecified atom stereocenters. The lowest BCUT2D eigenvalue weighted by molar-refractivity contribution is 0.305. The topological polar surface area (TPSA) is 89.4 Å². The molecular weight excluding hydrogens is 214 g/mol. The van der Waals surface area contributed by atoms with E-state index in [-0.39, 0.29) is 11.0 Å². The van der Waals surface area contributed by atoms with Gasteiger partial charge in [-0.25, -0.2) is 8.42 Å². The Morgan fingerprint density at radius 2 is 1.53 bits per heavy atom. The Morgan fingerprint density at radius 3 is 1.87 bits per heavy atom. The zero-order chi connectivity index (χ0) is 11.9. The molecule has 0 rings (SSSR count). The molecule has 0 aliphatic rings. The molecule has 0 aliphatic heterocycles. The standard InChI is InChI=1S/C9H23N3O2S/c1-9(2)15(13,14)8-7-12(5-3-10)6-4-11/h9H,3-8,10-11H2,1-2H3. The van der Waals surface area contributed by atoms with Crippen LogP contribution in [0.1, 0.15) is 13.8 Å². The second kappa shape index (κ2) is 7.16. The molecular formula is C9H23N3O2S. The Bertz CT molecular complexity index is 246. The van der Waals surface area contributed by atoms with E-state index in [0.717, 1.165) is 0 Å². The molecule has 5 nitrogen and oxygen atoms in total. The Hall–Kier alpha value is -0.170. The third-order valence-electron chi connectivity index (χ3n) is 2.30. The van der Waals surface area contributed by atoms with Crippen LogP contribution < -0.4 is 11.5 Å². The summed E-state index contributed by atoms with van der Waals surface area (Å²) in [4.78, 5) is 1.99. The monoisotopic (exact) mass is 237 g/mol. The number of nitrogens with zero attached hydrogens (tertiary/aromatic N) is 1. The minimum atomic E-state index is -2.95. The van der Waals surface area contributed by atoms with E-state index < -0.39 is 9.84 Å². The molecule has 15 heavy (non-hydrogen) atoms. The van der Waals surface area contributed by atoms with Gasteiger partial charge in [-0.1, -0.05) is 0 Å². The third kappa shape index (κ3) is 6.09. The van der Waals surface area contributed by atoms with Crippen molar-refractivity contribution in [2.45, 2.75) is 19.1 Å². The van der Waals surface area contributed by atoms with Crippen molar-refractivity contribution in [1.29, 1.82) is 0 Å². The summed E-state index contributed by atoms with van der Waals surface area (Å²) >= 11 is 0. The highest BCUT2D eigenvalue weighted by atomic mass is 32.2. The average molecular weight is 237 g/mol. The van der Waals surface area contributed by atoms with Gasteiger partial charge in [-0.2, -0.15) is 0 Å². The van der Waals surface area contributed by atoms with Crippen molar-refractivity contribution >= 4 is 9.84 Å². The van der Waals surface area contributed by atoms with Crippen LogP contribution in [0.25, 0.3) is 0 Å². The molecule has 0 aliphatic carbocycles. The molecule has 0 heterocycles. The van der Waals surface area contributed by atoms with Gasteiger partial charge in [0.25, 0.3) is 0 Å². The van der Waals surface area contributed by atoms with Crippen LogP contribution >= 0.6 is 0 Å². The van der Waals surface area contributed by atoms with Gasteiger partial charge in [0.05, 0.1) is 11.0 Å². The molecule has 0 amide bonds. The minimum absolute atomic E-state index is 0.185. The summed E-state index contributed by atoms with van der Waals surface area (Å²) in [5.41, 5.74) is 10.9. The number of rotatable bonds is 8. The van der Waals surface area contributed by atoms with Crippen molar-refractivity contribution in [3.8, 4) is 0 Å². The highest BCUT2D eigenvalue weighted by Crippen LogP contribution is 2.01. The van der Waals surface area contributed by atoms with Crippen LogP contribution in [-0.2, 0) is 9.84 Å². The molecule has 92 valence electrons. The summed E-state index contributed by atoms with van der Waals surface area (Å²) in [5, 5.41) is -0.310. The number of hydrogen-bond acceptors (Lipinski definition) is 5. The van der Waals surface area contributed by atoms with E-state index in [1.54, 1.807) is 13.8 Å². The van der Waals surface area contributed by atoms with Crippen LogP contribution in [0.15, 0.2) is 0 Å². The second-order valence-electron chi connectivity index (χ2n) is 3.83. The van der Waals surface area contributed by atoms with Crippen molar-refractivity contribution < 1.29 is 8.42 Å². The lowest BCUT2D eigenvalue weighted by atomic mass is 10.4. The minimum Gasteiger partial charge on any atom is -0.329 e. The molecule has 0 aromatic carbocycles. The highest BCUT2D eigenvalue weighted by molar-refractivity contribution is 7.92. The van der Waals surface area contributed by atoms with Gasteiger partial charge in [0.1, 0.15) is 0 Å². The van der Waals surface area contributed by atoms with E-state index in [2.05, 4.69) is 0 Å². The average Bonchev–Trinajstić information content (AvgIpc) is 2.15. The maximum absolute atomic E-state index is 11.6. The summed E-state index contributed by atoms with van der Waals surface area (Å²) in [7, 11) is -2.95. The SMILES string of the molecule is CC(C)S(=O)(=O)CCN(CCN)CCN. The molecule has 0 spiro atoms. The maximum Gasteiger partial charge on any atom is 0.153 e. The van der Waals surface area contributed by atoms with Crippen LogP contribution in [0.2, 0.25) is 0 Å². The summed E-state index contributed by atoms with van der Waals surface area (Å²) in [6.45, 7) is 6.38. The first-order chi connectivity index (χ1) is 6.94. The van der Waals surface area contributed by atoms with E-state index in [1.807, 2.05) is 4.90 Å². The lowest BCUT2D eigenvalue weighted by Crippen LogP contribution is -2.38. The fourth-order valence-corrected chi connectivity index (χ4v) is 2.18. The van der Waals surface area contributed by atoms with Gasteiger partial charge in [-0.3, -0.25) is 4.90 Å². The fourth-order valence-electron chi connectivity index (χ4n) is 1.19. The first-order valence-corrected chi connectivity index (χ1v) is 6.99. The molecule has 6 heteroatoms. The van der Waals surface area contributed by atoms with Gasteiger partial charge >= 0.3 is 0 Å². The number of sulfone groups is 1. The molecule has 0 radical (unpaired) electrons. The number of hydrogen-bond donors (Lipinski definition) is 2. The van der Waals surface area contributed by atoms with Gasteiger partial charge < -0.3 is 11.5 Å². The third-order valence-corrected chi connectivity index (χ3v) is 4.49. The molecule has 0 aromatic rings. The van der Waals surface area contributed by atoms with Crippen LogP contribution in [0, 0.1) is 0 Å². The van der Waals surface area contributed by atoms with E-state index in [1.165, 1.54) is 0 Å². The predicted molar refractivity (Wildman–Crippen MR) is 63.5 cm³/mol. The Morgan fingerprint density at radius 1 is 1.07 bits per heavy atom. The molecule has 0 saturated carbocycles. The van der Waals surface area contributed by atoms with Crippen LogP contribution in [0.3, 0.4) is 0 Å². The Labute approximate surface area is 92.7 Å². The van der Waals surface area contributed by atoms with Gasteiger partial charge in [-0.05, 0) is 13.8 Å². The molecule has 4 N–H and O–H groups in total. The van der Waals surface area contributed by atoms with Gasteiger partial charge in [0, 0.05) is 32.7 Å². The van der Waals surface area contributed by atoms with E-state index >= 15 is 0 Å². The quantitative estimate of drug-likeness (QED) is 0.567. The zero-order valence-electron chi connectivity index (χ0n) is 9.65. The van der Waals surface area contributed by atoms with Crippen molar-refractivity contribution in [3.05, 3.63) is 0 Å². The number of nitrogens with two attached hydrogens (primary N) is 2. The van der Waals surface area contributed by atoms with Crippen molar-refractivity contribution in [2.24, 2.45) is 11.5 Å². The van der Waals surface area contributed by atoms with E-state index in [4.69, 9.17) is 11.5 Å². The van der Waals surface area contributed by atoms with Crippen molar-refractivity contribution in [1.82, 2.24) is 4.90 Å². The van der Waals surface area contributed by atoms with Crippen LogP contribution in [0.5, 0.6) is 0 Å². The Balaban J connectivity index is 4.09. The molecule has 0 fully saturated rings. The lowest BCUT2D eigenvalue weighted by Gasteiger charge is -2.21. The summed E-state index contributed by atoms with van der Waals surface area (Å²) in [6.07, 6.45) is 0. The zero-order valence-corrected chi connectivity index (χ0v) is 10.5. The van der Waals surface area contributed by atoms with Gasteiger partial charge in [0.15, 0.2) is 9.84 Å². The molecule has 0 bridgehead atoms. The van der Waals surface area contributed by atoms with Crippen molar-refractivity contribution in [2.75, 3.05) is 38.5 Å². The summed E-state index contributed by atoms with van der Waals surface area (Å²) in [6, 6.07) is 0. The largest absolute Gasteiger partial charge is 0.329 e. The highest BCUT2D eigenvalue weighted by Gasteiger charge is 2.17. The van der Waals surface area contributed by atoms with Crippen molar-refractivity contribution in [3.63, 3.8) is 0 Å². The fraction of sp³-hybridized carbons (Fsp3) is 1.00. The molecule has 0 aromatic heterocycles. The van der Waals surface area contributed by atoms with E-state index in [0.29, 0.717) is 32.7 Å². The maximum atomic E-state index is 11.6. The first-order valence-electron chi connectivity index (χ1n) is 5.28. The molecule has 0 atom stereocenters. The normalized spacial score (nSPS) is 12.7. The van der Waals surface area contributed by atoms with Gasteiger partial charge in [0.2, 0.25) is 0 Å². The van der Waals surface area contributed by atoms with E-state index in [9.17, 15) is 8.42 Å². The van der Waals surface area contributed by atoms with Crippen LogP contribution in [0.4, 0.5) is 0 Å². The smallest absolute Gasteiger partial charge is 0.153 e. The second-order valence-corrected chi connectivity index (χ2v) is 6.51. The summed E-state index contributed by atoms with van der Waals surface area (Å²) < 4.78 is 23.1. The summed E-state index contributed by atoms with van der Waals surface area (Å²) in [5.74, 6) is 0.185. The predicted octanol–water partition coefficient (Wildman–Crippen LogP) is -0.971. The van der Waals surface area contributed by atoms with Gasteiger partial charge in [-0.15, -0.1) is 0 Å². The van der Waals surface area contributed by atoms with Crippen LogP contribution in [-0.4, -0.2) is 57.0 Å². The molecule has 0 saturated heterocycles. The Kier molecular flexibility index (Phi) is 7.08.